The normalized spacial score (nSPS) is 34.5. The van der Waals surface area contributed by atoms with Crippen LogP contribution < -0.4 is 0 Å². The summed E-state index contributed by atoms with van der Waals surface area (Å²) in [6.07, 6.45) is 2.11. The minimum atomic E-state index is -0.0710. The van der Waals surface area contributed by atoms with Gasteiger partial charge in [-0.15, -0.1) is 0 Å². The van der Waals surface area contributed by atoms with Gasteiger partial charge in [-0.25, -0.2) is 0 Å². The van der Waals surface area contributed by atoms with Gasteiger partial charge in [0.25, 0.3) is 0 Å². The fourth-order valence-electron chi connectivity index (χ4n) is 3.12. The number of fused-ring (bicyclic) bond motifs is 1. The van der Waals surface area contributed by atoms with Gasteiger partial charge >= 0.3 is 0 Å². The Morgan fingerprint density at radius 2 is 2.25 bits per heavy atom. The molecule has 1 aromatic heterocycles. The molecule has 3 nitrogen and oxygen atoms in total. The number of hydrogen-bond donors (Lipinski definition) is 1. The summed E-state index contributed by atoms with van der Waals surface area (Å²) in [5.74, 6) is 2.20. The van der Waals surface area contributed by atoms with Gasteiger partial charge in [0.05, 0.1) is 12.6 Å². The van der Waals surface area contributed by atoms with Gasteiger partial charge in [-0.1, -0.05) is 0 Å². The van der Waals surface area contributed by atoms with E-state index in [4.69, 9.17) is 4.42 Å². The van der Waals surface area contributed by atoms with Crippen LogP contribution in [0.5, 0.6) is 0 Å². The van der Waals surface area contributed by atoms with E-state index >= 15 is 0 Å². The Balaban J connectivity index is 1.62. The fraction of sp³-hybridized carbons (Fsp3) is 0.667. The number of likely N-dealkylation sites (tertiary alicyclic amines) is 1. The molecule has 0 spiro atoms. The molecular weight excluding hydrogens is 270 g/mol. The highest BCUT2D eigenvalue weighted by Gasteiger charge is 2.41. The second kappa shape index (κ2) is 4.17. The molecule has 88 valence electrons. The minimum absolute atomic E-state index is 0.0710. The van der Waals surface area contributed by atoms with Crippen molar-refractivity contribution >= 4 is 15.9 Å². The number of furan rings is 1. The Morgan fingerprint density at radius 3 is 2.94 bits per heavy atom. The van der Waals surface area contributed by atoms with Crippen LogP contribution in [0.3, 0.4) is 0 Å². The van der Waals surface area contributed by atoms with Crippen molar-refractivity contribution in [2.75, 3.05) is 13.1 Å². The second-order valence-electron chi connectivity index (χ2n) is 4.97. The fourth-order valence-corrected chi connectivity index (χ4v) is 3.46. The Bertz CT molecular complexity index is 379. The molecule has 1 aromatic rings. The maximum atomic E-state index is 9.83. The molecule has 0 bridgehead atoms. The van der Waals surface area contributed by atoms with Gasteiger partial charge in [0, 0.05) is 19.0 Å². The summed E-state index contributed by atoms with van der Waals surface area (Å²) in [7, 11) is 0. The number of aliphatic hydroxyl groups is 1. The summed E-state index contributed by atoms with van der Waals surface area (Å²) >= 11 is 3.31. The smallest absolute Gasteiger partial charge is 0.169 e. The lowest BCUT2D eigenvalue weighted by Crippen LogP contribution is -2.24. The van der Waals surface area contributed by atoms with Crippen molar-refractivity contribution < 1.29 is 9.52 Å². The average Bonchev–Trinajstić information content (AvgIpc) is 2.88. The summed E-state index contributed by atoms with van der Waals surface area (Å²) in [6.45, 7) is 3.00. The molecule has 2 aliphatic rings. The van der Waals surface area contributed by atoms with Crippen molar-refractivity contribution in [2.45, 2.75) is 25.5 Å². The third-order valence-electron chi connectivity index (χ3n) is 3.90. The molecule has 0 amide bonds. The molecule has 1 saturated heterocycles. The van der Waals surface area contributed by atoms with Crippen LogP contribution in [0, 0.1) is 11.8 Å². The quantitative estimate of drug-likeness (QED) is 0.906. The van der Waals surface area contributed by atoms with Crippen molar-refractivity contribution in [1.29, 1.82) is 0 Å². The lowest BCUT2D eigenvalue weighted by molar-refractivity contribution is 0.122. The van der Waals surface area contributed by atoms with Crippen LogP contribution >= 0.6 is 15.9 Å². The Labute approximate surface area is 104 Å². The molecule has 3 rings (SSSR count). The summed E-state index contributed by atoms with van der Waals surface area (Å²) in [5, 5.41) is 9.83. The summed E-state index contributed by atoms with van der Waals surface area (Å²) in [6, 6.07) is 3.94. The predicted octanol–water partition coefficient (Wildman–Crippen LogP) is 2.24. The SMILES string of the molecule is OC1CCC2CN(Cc3ccc(Br)o3)CC12. The summed E-state index contributed by atoms with van der Waals surface area (Å²) in [5.41, 5.74) is 0. The van der Waals surface area contributed by atoms with Gasteiger partial charge in [0.2, 0.25) is 0 Å². The van der Waals surface area contributed by atoms with Gasteiger partial charge in [0.15, 0.2) is 4.67 Å². The zero-order valence-corrected chi connectivity index (χ0v) is 10.7. The third-order valence-corrected chi connectivity index (χ3v) is 4.33. The molecular formula is C12H16BrNO2. The molecule has 1 saturated carbocycles. The highest BCUT2D eigenvalue weighted by molar-refractivity contribution is 9.10. The van der Waals surface area contributed by atoms with Gasteiger partial charge in [0.1, 0.15) is 5.76 Å². The van der Waals surface area contributed by atoms with Gasteiger partial charge in [-0.3, -0.25) is 4.90 Å². The highest BCUT2D eigenvalue weighted by Crippen LogP contribution is 2.38. The van der Waals surface area contributed by atoms with Crippen molar-refractivity contribution in [2.24, 2.45) is 11.8 Å². The molecule has 1 N–H and O–H groups in total. The molecule has 3 atom stereocenters. The van der Waals surface area contributed by atoms with E-state index in [0.29, 0.717) is 11.8 Å². The molecule has 4 heteroatoms. The standard InChI is InChI=1S/C12H16BrNO2/c13-12-4-2-9(16-12)6-14-5-8-1-3-11(15)10(8)7-14/h2,4,8,10-11,15H,1,3,5-7H2. The van der Waals surface area contributed by atoms with Crippen LogP contribution in [-0.2, 0) is 6.54 Å². The van der Waals surface area contributed by atoms with E-state index < -0.39 is 0 Å². The molecule has 0 radical (unpaired) electrons. The maximum absolute atomic E-state index is 9.83. The van der Waals surface area contributed by atoms with E-state index in [9.17, 15) is 5.11 Å². The van der Waals surface area contributed by atoms with Crippen LogP contribution in [-0.4, -0.2) is 29.2 Å². The zero-order chi connectivity index (χ0) is 11.1. The number of nitrogens with zero attached hydrogens (tertiary/aromatic N) is 1. The summed E-state index contributed by atoms with van der Waals surface area (Å²) < 4.78 is 6.30. The van der Waals surface area contributed by atoms with Crippen molar-refractivity contribution in [3.63, 3.8) is 0 Å². The topological polar surface area (TPSA) is 36.6 Å². The van der Waals surface area contributed by atoms with Crippen molar-refractivity contribution in [3.05, 3.63) is 22.6 Å². The van der Waals surface area contributed by atoms with E-state index in [2.05, 4.69) is 20.8 Å². The largest absolute Gasteiger partial charge is 0.453 e. The Kier molecular flexibility index (Phi) is 2.81. The zero-order valence-electron chi connectivity index (χ0n) is 9.10. The predicted molar refractivity (Wildman–Crippen MR) is 63.9 cm³/mol. The first-order valence-corrected chi connectivity index (χ1v) is 6.66. The van der Waals surface area contributed by atoms with Gasteiger partial charge < -0.3 is 9.52 Å². The Morgan fingerprint density at radius 1 is 1.38 bits per heavy atom. The molecule has 2 heterocycles. The monoisotopic (exact) mass is 285 g/mol. The minimum Gasteiger partial charge on any atom is -0.453 e. The van der Waals surface area contributed by atoms with Crippen LogP contribution in [0.15, 0.2) is 21.2 Å². The molecule has 2 fully saturated rings. The van der Waals surface area contributed by atoms with Crippen LogP contribution in [0.1, 0.15) is 18.6 Å². The number of hydrogen-bond acceptors (Lipinski definition) is 3. The van der Waals surface area contributed by atoms with Crippen LogP contribution in [0.4, 0.5) is 0 Å². The third kappa shape index (κ3) is 1.94. The van der Waals surface area contributed by atoms with Gasteiger partial charge in [-0.05, 0) is 46.8 Å². The van der Waals surface area contributed by atoms with Crippen LogP contribution in [0.2, 0.25) is 0 Å². The molecule has 1 aliphatic heterocycles. The number of rotatable bonds is 2. The first-order chi connectivity index (χ1) is 7.72. The molecule has 0 aromatic carbocycles. The van der Waals surface area contributed by atoms with Crippen molar-refractivity contribution in [3.8, 4) is 0 Å². The van der Waals surface area contributed by atoms with E-state index in [-0.39, 0.29) is 6.10 Å². The van der Waals surface area contributed by atoms with Crippen molar-refractivity contribution in [1.82, 2.24) is 4.90 Å². The number of halogens is 1. The van der Waals surface area contributed by atoms with Gasteiger partial charge in [-0.2, -0.15) is 0 Å². The lowest BCUT2D eigenvalue weighted by Gasteiger charge is -2.16. The first-order valence-electron chi connectivity index (χ1n) is 5.87. The Hall–Kier alpha value is -0.320. The maximum Gasteiger partial charge on any atom is 0.169 e. The van der Waals surface area contributed by atoms with E-state index in [1.807, 2.05) is 12.1 Å². The van der Waals surface area contributed by atoms with Crippen LogP contribution in [0.25, 0.3) is 0 Å². The summed E-state index contributed by atoms with van der Waals surface area (Å²) in [4.78, 5) is 2.39. The number of aliphatic hydroxyl groups excluding tert-OH is 1. The highest BCUT2D eigenvalue weighted by atomic mass is 79.9. The van der Waals surface area contributed by atoms with E-state index in [0.717, 1.165) is 36.5 Å². The second-order valence-corrected chi connectivity index (χ2v) is 5.75. The molecule has 16 heavy (non-hydrogen) atoms. The molecule has 1 aliphatic carbocycles. The van der Waals surface area contributed by atoms with E-state index in [1.54, 1.807) is 0 Å². The average molecular weight is 286 g/mol. The first kappa shape index (κ1) is 10.8. The van der Waals surface area contributed by atoms with E-state index in [1.165, 1.54) is 6.42 Å². The lowest BCUT2D eigenvalue weighted by atomic mass is 10.00. The molecule has 3 unspecified atom stereocenters.